The molecular formula is C11H13F2N4O. The number of alkyl halides is 2. The molecule has 0 saturated carbocycles. The lowest BCUT2D eigenvalue weighted by Crippen LogP contribution is -2.66. The number of amides is 1. The number of carbonyl (C=O) groups is 1. The maximum Gasteiger partial charge on any atom is 0.267 e. The molecule has 7 heteroatoms. The number of anilines is 1. The van der Waals surface area contributed by atoms with Crippen molar-refractivity contribution in [3.63, 3.8) is 0 Å². The van der Waals surface area contributed by atoms with Crippen LogP contribution in [0.1, 0.15) is 6.42 Å². The average molecular weight is 255 g/mol. The van der Waals surface area contributed by atoms with Gasteiger partial charge in [-0.3, -0.25) is 9.78 Å². The maximum absolute atomic E-state index is 13.5. The fourth-order valence-corrected chi connectivity index (χ4v) is 2.09. The Hall–Kier alpha value is -1.76. The molecule has 0 bridgehead atoms. The van der Waals surface area contributed by atoms with Crippen molar-refractivity contribution in [2.45, 2.75) is 24.4 Å². The van der Waals surface area contributed by atoms with Gasteiger partial charge in [-0.1, -0.05) is 0 Å². The summed E-state index contributed by atoms with van der Waals surface area (Å²) >= 11 is 0. The zero-order valence-corrected chi connectivity index (χ0v) is 9.51. The summed E-state index contributed by atoms with van der Waals surface area (Å²) in [4.78, 5) is 16.6. The predicted octanol–water partition coefficient (Wildman–Crippen LogP) is -0.0916. The number of aromatic nitrogens is 1. The molecule has 1 fully saturated rings. The van der Waals surface area contributed by atoms with Crippen LogP contribution in [0.4, 0.5) is 14.5 Å². The van der Waals surface area contributed by atoms with E-state index in [-0.39, 0.29) is 6.54 Å². The van der Waals surface area contributed by atoms with Crippen LogP contribution in [0.3, 0.4) is 0 Å². The molecule has 1 aromatic rings. The third-order valence-corrected chi connectivity index (χ3v) is 3.06. The lowest BCUT2D eigenvalue weighted by Gasteiger charge is -2.43. The van der Waals surface area contributed by atoms with Crippen LogP contribution in [0.2, 0.25) is 0 Å². The van der Waals surface area contributed by atoms with Gasteiger partial charge in [0.15, 0.2) is 0 Å². The molecule has 5 nitrogen and oxygen atoms in total. The van der Waals surface area contributed by atoms with Gasteiger partial charge >= 0.3 is 0 Å². The van der Waals surface area contributed by atoms with Crippen molar-refractivity contribution in [3.05, 3.63) is 24.5 Å². The molecule has 0 spiro atoms. The van der Waals surface area contributed by atoms with Crippen LogP contribution in [0.25, 0.3) is 0 Å². The van der Waals surface area contributed by atoms with Gasteiger partial charge in [-0.25, -0.2) is 8.78 Å². The van der Waals surface area contributed by atoms with Crippen molar-refractivity contribution < 1.29 is 13.6 Å². The first-order valence-electron chi connectivity index (χ1n) is 5.44. The van der Waals surface area contributed by atoms with E-state index in [0.29, 0.717) is 5.69 Å². The van der Waals surface area contributed by atoms with Gasteiger partial charge in [0.2, 0.25) is 5.91 Å². The Morgan fingerprint density at radius 2 is 2.33 bits per heavy atom. The summed E-state index contributed by atoms with van der Waals surface area (Å²) in [5.74, 6) is -3.96. The number of primary amides is 1. The monoisotopic (exact) mass is 255 g/mol. The third-order valence-electron chi connectivity index (χ3n) is 3.06. The maximum atomic E-state index is 13.5. The molecule has 0 aromatic carbocycles. The number of hydrogen-bond donors (Lipinski definition) is 2. The first kappa shape index (κ1) is 12.7. The average Bonchev–Trinajstić information content (AvgIpc) is 2.33. The van der Waals surface area contributed by atoms with Crippen molar-refractivity contribution in [3.8, 4) is 0 Å². The van der Waals surface area contributed by atoms with Crippen LogP contribution < -0.4 is 16.4 Å². The van der Waals surface area contributed by atoms with E-state index < -0.39 is 30.3 Å². The third kappa shape index (κ3) is 2.13. The number of piperidine rings is 1. The quantitative estimate of drug-likeness (QED) is 0.773. The van der Waals surface area contributed by atoms with E-state index in [0.717, 1.165) is 0 Å². The second-order valence-corrected chi connectivity index (χ2v) is 4.20. The Bertz CT molecular complexity index is 440. The fraction of sp³-hybridized carbons (Fsp3) is 0.455. The molecular weight excluding hydrogens is 242 g/mol. The van der Waals surface area contributed by atoms with Gasteiger partial charge in [0.25, 0.3) is 5.92 Å². The van der Waals surface area contributed by atoms with Gasteiger partial charge < -0.3 is 16.4 Å². The van der Waals surface area contributed by atoms with Gasteiger partial charge in [0.05, 0.1) is 6.04 Å². The van der Waals surface area contributed by atoms with Gasteiger partial charge in [0.1, 0.15) is 6.04 Å². The van der Waals surface area contributed by atoms with E-state index in [9.17, 15) is 13.6 Å². The first-order chi connectivity index (χ1) is 8.43. The van der Waals surface area contributed by atoms with Crippen molar-refractivity contribution in [2.75, 3.05) is 11.4 Å². The summed E-state index contributed by atoms with van der Waals surface area (Å²) in [6, 6.07) is 1.49. The van der Waals surface area contributed by atoms with Crippen molar-refractivity contribution in [1.82, 2.24) is 4.98 Å². The van der Waals surface area contributed by atoms with Crippen molar-refractivity contribution in [1.29, 1.82) is 0 Å². The van der Waals surface area contributed by atoms with Gasteiger partial charge in [-0.05, 0) is 6.07 Å². The summed E-state index contributed by atoms with van der Waals surface area (Å²) in [7, 11) is 0. The summed E-state index contributed by atoms with van der Waals surface area (Å²) < 4.78 is 27.0. The summed E-state index contributed by atoms with van der Waals surface area (Å²) in [5, 5.41) is 0. The highest BCUT2D eigenvalue weighted by Gasteiger charge is 2.50. The first-order valence-corrected chi connectivity index (χ1v) is 5.44. The number of carbonyl (C=O) groups excluding carboxylic acids is 1. The minimum absolute atomic E-state index is 0.00514. The van der Waals surface area contributed by atoms with Crippen molar-refractivity contribution >= 4 is 11.6 Å². The number of pyridine rings is 1. The zero-order chi connectivity index (χ0) is 13.3. The lowest BCUT2D eigenvalue weighted by atomic mass is 9.92. The molecule has 0 aliphatic carbocycles. The molecule has 1 radical (unpaired) electrons. The van der Waals surface area contributed by atoms with E-state index in [1.54, 1.807) is 6.07 Å². The summed E-state index contributed by atoms with van der Waals surface area (Å²) in [6.45, 7) is -0.00514. The summed E-state index contributed by atoms with van der Waals surface area (Å²) in [5.41, 5.74) is 11.1. The van der Waals surface area contributed by atoms with Crippen LogP contribution in [-0.2, 0) is 4.79 Å². The Balaban J connectivity index is 2.34. The molecule has 1 saturated heterocycles. The molecule has 1 aliphatic heterocycles. The highest BCUT2D eigenvalue weighted by molar-refractivity contribution is 5.85. The van der Waals surface area contributed by atoms with Crippen LogP contribution in [0.5, 0.6) is 0 Å². The highest BCUT2D eigenvalue weighted by Crippen LogP contribution is 2.33. The topological polar surface area (TPSA) is 85.2 Å². The second kappa shape index (κ2) is 4.49. The molecule has 18 heavy (non-hydrogen) atoms. The van der Waals surface area contributed by atoms with Gasteiger partial charge in [-0.2, -0.15) is 0 Å². The van der Waals surface area contributed by atoms with Crippen LogP contribution in [0.15, 0.2) is 18.5 Å². The second-order valence-electron chi connectivity index (χ2n) is 4.20. The Labute approximate surface area is 103 Å². The van der Waals surface area contributed by atoms with E-state index in [4.69, 9.17) is 11.5 Å². The Kier molecular flexibility index (Phi) is 3.16. The number of rotatable bonds is 2. The van der Waals surface area contributed by atoms with Gasteiger partial charge in [-0.15, -0.1) is 0 Å². The normalized spacial score (nSPS) is 26.9. The largest absolute Gasteiger partial charge is 0.368 e. The van der Waals surface area contributed by atoms with E-state index in [1.807, 2.05) is 0 Å². The van der Waals surface area contributed by atoms with Gasteiger partial charge in [0, 0.05) is 37.1 Å². The minimum atomic E-state index is -3.09. The SMILES string of the molecule is NC(=O)C1C(N)C(F)(F)CCN1c1[c]cncc1. The van der Waals surface area contributed by atoms with Crippen LogP contribution in [0, 0.1) is 6.07 Å². The van der Waals surface area contributed by atoms with Crippen molar-refractivity contribution in [2.24, 2.45) is 11.5 Å². The Morgan fingerprint density at radius 3 is 2.89 bits per heavy atom. The molecule has 2 unspecified atom stereocenters. The number of nitrogens with zero attached hydrogens (tertiary/aromatic N) is 2. The molecule has 1 aliphatic rings. The zero-order valence-electron chi connectivity index (χ0n) is 9.51. The fourth-order valence-electron chi connectivity index (χ4n) is 2.09. The number of hydrogen-bond acceptors (Lipinski definition) is 4. The highest BCUT2D eigenvalue weighted by atomic mass is 19.3. The summed E-state index contributed by atoms with van der Waals surface area (Å²) in [6.07, 6.45) is 2.46. The number of nitrogens with two attached hydrogens (primary N) is 2. The van der Waals surface area contributed by atoms with E-state index in [2.05, 4.69) is 11.1 Å². The van der Waals surface area contributed by atoms with Crippen LogP contribution in [-0.4, -0.2) is 35.4 Å². The standard InChI is InChI=1S/C11H13F2N4O/c12-11(13)3-6-17(7-1-4-16-5-2-7)8(9(11)14)10(15)18/h1,4-5,8-9H,3,6,14H2,(H2,15,18). The smallest absolute Gasteiger partial charge is 0.267 e. The molecule has 1 amide bonds. The molecule has 2 rings (SSSR count). The predicted molar refractivity (Wildman–Crippen MR) is 60.9 cm³/mol. The Morgan fingerprint density at radius 1 is 1.61 bits per heavy atom. The lowest BCUT2D eigenvalue weighted by molar-refractivity contribution is -0.125. The minimum Gasteiger partial charge on any atom is -0.368 e. The number of halogens is 2. The van der Waals surface area contributed by atoms with E-state index >= 15 is 0 Å². The molecule has 97 valence electrons. The molecule has 2 heterocycles. The van der Waals surface area contributed by atoms with Crippen LogP contribution >= 0.6 is 0 Å². The molecule has 2 atom stereocenters. The van der Waals surface area contributed by atoms with E-state index in [1.165, 1.54) is 17.3 Å². The molecule has 4 N–H and O–H groups in total. The molecule has 1 aromatic heterocycles.